The van der Waals surface area contributed by atoms with Crippen LogP contribution in [0.25, 0.3) is 33.4 Å². The molecule has 4 aromatic carbocycles. The van der Waals surface area contributed by atoms with Crippen LogP contribution in [-0.4, -0.2) is 53.5 Å². The molecule has 4 aliphatic rings. The van der Waals surface area contributed by atoms with E-state index < -0.39 is 52.7 Å². The van der Waals surface area contributed by atoms with Crippen molar-refractivity contribution < 1.29 is 64.8 Å². The molecule has 348 valence electrons. The third-order valence-electron chi connectivity index (χ3n) is 11.9. The number of ether oxygens (including phenoxy) is 3. The number of carbonyl (C=O) groups excluding carboxylic acids is 4. The molecular weight excluding hydrogens is 871 g/mol. The summed E-state index contributed by atoms with van der Waals surface area (Å²) in [6, 6.07) is 20.2. The normalized spacial score (nSPS) is 17.1. The second-order valence-electron chi connectivity index (χ2n) is 16.3. The van der Waals surface area contributed by atoms with Gasteiger partial charge in [0, 0.05) is 13.1 Å². The van der Waals surface area contributed by atoms with Crippen molar-refractivity contribution in [3.63, 3.8) is 0 Å². The fourth-order valence-corrected chi connectivity index (χ4v) is 8.60. The molecule has 8 rings (SSSR count). The Bertz CT molecular complexity index is 2610. The summed E-state index contributed by atoms with van der Waals surface area (Å²) in [7, 11) is 0. The van der Waals surface area contributed by atoms with Crippen LogP contribution < -0.4 is 5.32 Å². The maximum absolute atomic E-state index is 13.2. The van der Waals surface area contributed by atoms with E-state index in [1.54, 1.807) is 76.2 Å². The van der Waals surface area contributed by atoms with Crippen LogP contribution in [-0.2, 0) is 40.9 Å². The molecule has 2 heterocycles. The van der Waals surface area contributed by atoms with Crippen LogP contribution in [0, 0.1) is 13.8 Å². The third kappa shape index (κ3) is 10.4. The van der Waals surface area contributed by atoms with Gasteiger partial charge >= 0.3 is 30.4 Å². The molecule has 0 radical (unpaired) electrons. The number of isocyanates is 1. The highest BCUT2D eigenvalue weighted by Gasteiger charge is 2.53. The Balaban J connectivity index is 0.000000200. The van der Waals surface area contributed by atoms with Crippen molar-refractivity contribution in [3.8, 4) is 22.3 Å². The summed E-state index contributed by atoms with van der Waals surface area (Å²) in [6.45, 7) is 8.01. The summed E-state index contributed by atoms with van der Waals surface area (Å²) in [5.74, 6) is -1.05. The van der Waals surface area contributed by atoms with E-state index in [9.17, 15) is 45.8 Å². The molecule has 2 N–H and O–H groups in total. The van der Waals surface area contributed by atoms with Gasteiger partial charge in [0.25, 0.3) is 0 Å². The number of halogens is 6. The fraction of sp³-hybridized carbons (Fsp3) is 0.360. The largest absolute Gasteiger partial charge is 0.507 e. The van der Waals surface area contributed by atoms with Crippen LogP contribution >= 0.6 is 0 Å². The van der Waals surface area contributed by atoms with Gasteiger partial charge in [0.05, 0.1) is 11.1 Å². The number of hydrogen-bond acceptors (Lipinski definition) is 9. The highest BCUT2D eigenvalue weighted by Crippen LogP contribution is 2.50. The standard InChI is InChI=1S/C25H24F3NO4.C22H19F3O3.C3H5NO/c1-3-29-23(31)32-21-20(22(30)33-24(21)11-4-5-12-24)19-14-17(10-9-15(19)2)16-7-6-8-18(13-16)25(26,27)28;1-13-7-8-15(14-5-4-6-16(11-14)22(23,24)25)12-17(13)18-19(26)21(28-20(18)27)9-2-3-10-21;1-2-4-3-5/h6-10,13-14H,3-5,11-12H2,1-2H3,(H,29,31);4-8,11-12,26H,2-3,9-10H2,1H3;2H2,1H3. The van der Waals surface area contributed by atoms with Crippen LogP contribution in [0.15, 0.2) is 101 Å². The quantitative estimate of drug-likeness (QED) is 0.0614. The number of aryl methyl sites for hydroxylation is 2. The van der Waals surface area contributed by atoms with Crippen molar-refractivity contribution in [2.45, 2.75) is 103 Å². The minimum absolute atomic E-state index is 0.0562. The summed E-state index contributed by atoms with van der Waals surface area (Å²) >= 11 is 0. The lowest BCUT2D eigenvalue weighted by atomic mass is 9.91. The predicted octanol–water partition coefficient (Wildman–Crippen LogP) is 12.2. The molecule has 2 aliphatic carbocycles. The number of amides is 1. The maximum atomic E-state index is 13.2. The maximum Gasteiger partial charge on any atom is 0.416 e. The van der Waals surface area contributed by atoms with Crippen molar-refractivity contribution in [3.05, 3.63) is 130 Å². The van der Waals surface area contributed by atoms with Crippen molar-refractivity contribution in [1.29, 1.82) is 0 Å². The van der Waals surface area contributed by atoms with E-state index in [0.717, 1.165) is 55.5 Å². The van der Waals surface area contributed by atoms with Crippen molar-refractivity contribution in [1.82, 2.24) is 5.32 Å². The van der Waals surface area contributed by atoms with Gasteiger partial charge in [-0.25, -0.2) is 24.2 Å². The first-order valence-corrected chi connectivity index (χ1v) is 21.5. The number of nitrogens with one attached hydrogen (secondary N) is 1. The Morgan fingerprint density at radius 3 is 1.58 bits per heavy atom. The van der Waals surface area contributed by atoms with E-state index in [2.05, 4.69) is 10.3 Å². The van der Waals surface area contributed by atoms with Crippen LogP contribution in [0.3, 0.4) is 0 Å². The average molecular weight is 919 g/mol. The molecule has 0 saturated heterocycles. The minimum Gasteiger partial charge on any atom is -0.507 e. The number of esters is 2. The number of hydrogen-bond donors (Lipinski definition) is 2. The molecule has 0 bridgehead atoms. The van der Waals surface area contributed by atoms with E-state index in [1.165, 1.54) is 18.2 Å². The van der Waals surface area contributed by atoms with E-state index >= 15 is 0 Å². The Morgan fingerprint density at radius 2 is 1.14 bits per heavy atom. The van der Waals surface area contributed by atoms with Gasteiger partial charge in [-0.3, -0.25) is 0 Å². The molecule has 10 nitrogen and oxygen atoms in total. The lowest BCUT2D eigenvalue weighted by Crippen LogP contribution is -2.33. The number of benzene rings is 4. The van der Waals surface area contributed by atoms with Gasteiger partial charge in [0.15, 0.2) is 22.7 Å². The molecule has 2 saturated carbocycles. The third-order valence-corrected chi connectivity index (χ3v) is 11.9. The Morgan fingerprint density at radius 1 is 0.697 bits per heavy atom. The summed E-state index contributed by atoms with van der Waals surface area (Å²) in [6.07, 6.45) is -2.55. The SMILES string of the molecule is CCN=C=O.CCNC(=O)OC1=C(c2cc(-c3cccc(C(F)(F)F)c3)ccc2C)C(=O)OC12CCCC2.Cc1ccc(-c2cccc(C(F)(F)F)c2)cc1C1=C(O)C2(CCCC2)OC1=O. The van der Waals surface area contributed by atoms with Crippen LogP contribution in [0.4, 0.5) is 31.1 Å². The summed E-state index contributed by atoms with van der Waals surface area (Å²) in [5, 5.41) is 13.4. The molecular formula is C50H48F6N2O8. The topological polar surface area (TPSA) is 141 Å². The van der Waals surface area contributed by atoms with Crippen LogP contribution in [0.2, 0.25) is 0 Å². The molecule has 4 aromatic rings. The van der Waals surface area contributed by atoms with Gasteiger partial charge in [-0.1, -0.05) is 48.5 Å². The van der Waals surface area contributed by atoms with Crippen molar-refractivity contribution in [2.24, 2.45) is 4.99 Å². The molecule has 2 aliphatic heterocycles. The van der Waals surface area contributed by atoms with E-state index in [0.29, 0.717) is 77.7 Å². The smallest absolute Gasteiger partial charge is 0.416 e. The van der Waals surface area contributed by atoms with Crippen molar-refractivity contribution >= 4 is 35.3 Å². The predicted molar refractivity (Wildman–Crippen MR) is 233 cm³/mol. The number of aliphatic hydroxyl groups excluding tert-OH is 1. The average Bonchev–Trinajstić information content (AvgIpc) is 4.06. The van der Waals surface area contributed by atoms with E-state index in [-0.39, 0.29) is 22.7 Å². The van der Waals surface area contributed by atoms with Gasteiger partial charge in [0.2, 0.25) is 6.08 Å². The van der Waals surface area contributed by atoms with Gasteiger partial charge in [0.1, 0.15) is 11.1 Å². The minimum atomic E-state index is -4.47. The lowest BCUT2D eigenvalue weighted by Gasteiger charge is -2.24. The van der Waals surface area contributed by atoms with E-state index in [4.69, 9.17) is 19.0 Å². The first kappa shape index (κ1) is 48.8. The Kier molecular flexibility index (Phi) is 14.7. The number of aliphatic hydroxyl groups is 1. The van der Waals surface area contributed by atoms with Crippen LogP contribution in [0.1, 0.15) is 98.6 Å². The first-order valence-electron chi connectivity index (χ1n) is 21.5. The fourth-order valence-electron chi connectivity index (χ4n) is 8.60. The number of alkyl carbamates (subject to hydrolysis) is 1. The lowest BCUT2D eigenvalue weighted by molar-refractivity contribution is -0.147. The molecule has 66 heavy (non-hydrogen) atoms. The van der Waals surface area contributed by atoms with Gasteiger partial charge in [-0.15, -0.1) is 0 Å². The molecule has 0 aromatic heterocycles. The number of nitrogens with zero attached hydrogens (tertiary/aromatic N) is 1. The van der Waals surface area contributed by atoms with Crippen LogP contribution in [0.5, 0.6) is 0 Å². The van der Waals surface area contributed by atoms with Gasteiger partial charge in [-0.2, -0.15) is 26.3 Å². The van der Waals surface area contributed by atoms with E-state index in [1.807, 2.05) is 0 Å². The zero-order chi connectivity index (χ0) is 48.0. The molecule has 1 amide bonds. The summed E-state index contributed by atoms with van der Waals surface area (Å²) in [4.78, 5) is 50.1. The zero-order valence-corrected chi connectivity index (χ0v) is 36.7. The molecule has 0 atom stereocenters. The Hall–Kier alpha value is -6.67. The molecule has 16 heteroatoms. The number of aliphatic imine (C=N–C) groups is 1. The zero-order valence-electron chi connectivity index (χ0n) is 36.7. The molecule has 2 fully saturated rings. The Labute approximate surface area is 377 Å². The monoisotopic (exact) mass is 918 g/mol. The van der Waals surface area contributed by atoms with Gasteiger partial charge in [-0.05, 0) is 160 Å². The highest BCUT2D eigenvalue weighted by molar-refractivity contribution is 6.21. The van der Waals surface area contributed by atoms with Gasteiger partial charge < -0.3 is 24.6 Å². The summed E-state index contributed by atoms with van der Waals surface area (Å²) in [5.41, 5.74) is 1.04. The van der Waals surface area contributed by atoms with Crippen molar-refractivity contribution in [2.75, 3.05) is 13.1 Å². The number of rotatable bonds is 7. The molecule has 2 spiro atoms. The first-order chi connectivity index (χ1) is 31.3. The second kappa shape index (κ2) is 19.8. The number of carbonyl (C=O) groups is 3. The summed E-state index contributed by atoms with van der Waals surface area (Å²) < 4.78 is 95.7. The second-order valence-corrected chi connectivity index (χ2v) is 16.3. The highest BCUT2D eigenvalue weighted by atomic mass is 19.4. The molecule has 0 unspecified atom stereocenters. The number of alkyl halides is 6.